The minimum absolute atomic E-state index is 0.00369. The molecule has 5 heteroatoms. The minimum Gasteiger partial charge on any atom is -0.378 e. The van der Waals surface area contributed by atoms with Gasteiger partial charge in [0.05, 0.1) is 12.0 Å². The highest BCUT2D eigenvalue weighted by molar-refractivity contribution is 5.80. The fourth-order valence-electron chi connectivity index (χ4n) is 3.15. The fraction of sp³-hybridized carbons (Fsp3) is 0.350. The van der Waals surface area contributed by atoms with E-state index in [9.17, 15) is 4.79 Å². The molecule has 1 heterocycles. The maximum absolute atomic E-state index is 12.7. The molecule has 25 heavy (non-hydrogen) atoms. The molecule has 5 nitrogen and oxygen atoms in total. The van der Waals surface area contributed by atoms with Crippen LogP contribution < -0.4 is 21.1 Å². The Morgan fingerprint density at radius 1 is 1.20 bits per heavy atom. The van der Waals surface area contributed by atoms with Gasteiger partial charge in [-0.1, -0.05) is 42.0 Å². The van der Waals surface area contributed by atoms with Gasteiger partial charge in [0.1, 0.15) is 0 Å². The van der Waals surface area contributed by atoms with Crippen molar-refractivity contribution in [3.8, 4) is 0 Å². The summed E-state index contributed by atoms with van der Waals surface area (Å²) in [5.74, 6) is -0.0523. The van der Waals surface area contributed by atoms with Crippen molar-refractivity contribution in [2.45, 2.75) is 19.5 Å². The van der Waals surface area contributed by atoms with Crippen LogP contribution in [0, 0.1) is 12.8 Å². The molecule has 132 valence electrons. The molecule has 0 aliphatic carbocycles. The van der Waals surface area contributed by atoms with Crippen molar-refractivity contribution in [1.82, 2.24) is 16.2 Å². The van der Waals surface area contributed by atoms with Crippen LogP contribution in [0.4, 0.5) is 5.69 Å². The largest absolute Gasteiger partial charge is 0.378 e. The molecular formula is C20H26N4O. The summed E-state index contributed by atoms with van der Waals surface area (Å²) in [7, 11) is 4.03. The van der Waals surface area contributed by atoms with E-state index in [0.717, 1.165) is 16.8 Å². The summed E-state index contributed by atoms with van der Waals surface area (Å²) in [5.41, 5.74) is 10.9. The number of rotatable bonds is 5. The van der Waals surface area contributed by atoms with E-state index in [4.69, 9.17) is 0 Å². The molecule has 1 fully saturated rings. The molecular weight excluding hydrogens is 312 g/mol. The molecule has 0 spiro atoms. The third-order valence-electron chi connectivity index (χ3n) is 4.64. The van der Waals surface area contributed by atoms with Gasteiger partial charge < -0.3 is 10.2 Å². The van der Waals surface area contributed by atoms with Crippen molar-refractivity contribution >= 4 is 11.6 Å². The highest BCUT2D eigenvalue weighted by Gasteiger charge is 2.33. The van der Waals surface area contributed by atoms with Crippen molar-refractivity contribution in [2.24, 2.45) is 5.92 Å². The lowest BCUT2D eigenvalue weighted by molar-refractivity contribution is -0.125. The molecule has 3 rings (SSSR count). The Labute approximate surface area is 149 Å². The summed E-state index contributed by atoms with van der Waals surface area (Å²) >= 11 is 0. The summed E-state index contributed by atoms with van der Waals surface area (Å²) in [6, 6.07) is 16.5. The van der Waals surface area contributed by atoms with Crippen LogP contribution in [0.25, 0.3) is 0 Å². The lowest BCUT2D eigenvalue weighted by atomic mass is 9.93. The number of nitrogens with zero attached hydrogens (tertiary/aromatic N) is 1. The summed E-state index contributed by atoms with van der Waals surface area (Å²) in [5, 5.41) is 3.07. The summed E-state index contributed by atoms with van der Waals surface area (Å²) in [6.45, 7) is 3.24. The number of nitrogens with one attached hydrogen (secondary N) is 3. The quantitative estimate of drug-likeness (QED) is 0.782. The smallest absolute Gasteiger partial charge is 0.226 e. The minimum atomic E-state index is -0.122. The Balaban J connectivity index is 1.62. The Bertz CT molecular complexity index is 727. The van der Waals surface area contributed by atoms with Crippen molar-refractivity contribution in [1.29, 1.82) is 0 Å². The lowest BCUT2D eigenvalue weighted by Crippen LogP contribution is -2.34. The van der Waals surface area contributed by atoms with Crippen LogP contribution in [-0.4, -0.2) is 26.5 Å². The zero-order valence-electron chi connectivity index (χ0n) is 15.0. The molecule has 2 aromatic rings. The van der Waals surface area contributed by atoms with E-state index in [1.807, 2.05) is 20.2 Å². The zero-order chi connectivity index (χ0) is 17.8. The molecule has 1 aliphatic heterocycles. The van der Waals surface area contributed by atoms with Gasteiger partial charge in [-0.05, 0) is 30.2 Å². The topological polar surface area (TPSA) is 56.4 Å². The molecule has 1 saturated heterocycles. The second-order valence-electron chi connectivity index (χ2n) is 6.80. The molecule has 0 aromatic heterocycles. The van der Waals surface area contributed by atoms with Gasteiger partial charge in [-0.25, -0.2) is 5.43 Å². The SMILES string of the molecule is Cc1cccc(C2NNCC2C(=O)NCc2ccc(N(C)C)cc2)c1. The molecule has 1 aliphatic rings. The lowest BCUT2D eigenvalue weighted by Gasteiger charge is -2.19. The predicted molar refractivity (Wildman–Crippen MR) is 101 cm³/mol. The van der Waals surface area contributed by atoms with Crippen molar-refractivity contribution < 1.29 is 4.79 Å². The number of aryl methyl sites for hydroxylation is 1. The second-order valence-corrected chi connectivity index (χ2v) is 6.80. The van der Waals surface area contributed by atoms with Gasteiger partial charge in [0.2, 0.25) is 5.91 Å². The first-order valence-corrected chi connectivity index (χ1v) is 8.63. The third kappa shape index (κ3) is 4.18. The van der Waals surface area contributed by atoms with E-state index < -0.39 is 0 Å². The zero-order valence-corrected chi connectivity index (χ0v) is 15.0. The number of amides is 1. The van der Waals surface area contributed by atoms with Gasteiger partial charge in [-0.15, -0.1) is 0 Å². The number of benzene rings is 2. The van der Waals surface area contributed by atoms with E-state index in [-0.39, 0.29) is 17.9 Å². The van der Waals surface area contributed by atoms with Crippen LogP contribution in [0.1, 0.15) is 22.7 Å². The van der Waals surface area contributed by atoms with Gasteiger partial charge >= 0.3 is 0 Å². The number of hydrazine groups is 1. The average Bonchev–Trinajstić information content (AvgIpc) is 3.10. The molecule has 2 unspecified atom stereocenters. The van der Waals surface area contributed by atoms with Crippen molar-refractivity contribution in [3.05, 3.63) is 65.2 Å². The van der Waals surface area contributed by atoms with Crippen molar-refractivity contribution in [2.75, 3.05) is 25.5 Å². The van der Waals surface area contributed by atoms with Crippen molar-refractivity contribution in [3.63, 3.8) is 0 Å². The number of carbonyl (C=O) groups excluding carboxylic acids is 1. The first kappa shape index (κ1) is 17.5. The highest BCUT2D eigenvalue weighted by atomic mass is 16.2. The number of hydrogen-bond donors (Lipinski definition) is 3. The van der Waals surface area contributed by atoms with Gasteiger partial charge in [0.25, 0.3) is 0 Å². The first-order valence-electron chi connectivity index (χ1n) is 8.63. The van der Waals surface area contributed by atoms with Gasteiger partial charge in [-0.3, -0.25) is 10.2 Å². The van der Waals surface area contributed by atoms with Crippen LogP contribution in [0.2, 0.25) is 0 Å². The molecule has 2 atom stereocenters. The Morgan fingerprint density at radius 2 is 1.96 bits per heavy atom. The first-order chi connectivity index (χ1) is 12.0. The monoisotopic (exact) mass is 338 g/mol. The standard InChI is InChI=1S/C20H26N4O/c1-14-5-4-6-16(11-14)19-18(13-22-23-19)20(25)21-12-15-7-9-17(10-8-15)24(2)3/h4-11,18-19,22-23H,12-13H2,1-3H3,(H,21,25). The molecule has 0 saturated carbocycles. The fourth-order valence-corrected chi connectivity index (χ4v) is 3.15. The Morgan fingerprint density at radius 3 is 2.64 bits per heavy atom. The van der Waals surface area contributed by atoms with Crippen LogP contribution in [0.15, 0.2) is 48.5 Å². The average molecular weight is 338 g/mol. The molecule has 0 bridgehead atoms. The van der Waals surface area contributed by atoms with Crippen LogP contribution in [0.3, 0.4) is 0 Å². The van der Waals surface area contributed by atoms with Gasteiger partial charge in [0.15, 0.2) is 0 Å². The van der Waals surface area contributed by atoms with Crippen LogP contribution >= 0.6 is 0 Å². The number of hydrogen-bond acceptors (Lipinski definition) is 4. The number of carbonyl (C=O) groups is 1. The van der Waals surface area contributed by atoms with E-state index in [1.165, 1.54) is 5.56 Å². The molecule has 1 amide bonds. The normalized spacial score (nSPS) is 19.6. The Kier molecular flexibility index (Phi) is 5.36. The summed E-state index contributed by atoms with van der Waals surface area (Å²) in [6.07, 6.45) is 0. The van der Waals surface area contributed by atoms with Gasteiger partial charge in [-0.2, -0.15) is 0 Å². The predicted octanol–water partition coefficient (Wildman–Crippen LogP) is 2.14. The molecule has 0 radical (unpaired) electrons. The molecule has 3 N–H and O–H groups in total. The number of anilines is 1. The van der Waals surface area contributed by atoms with E-state index in [1.54, 1.807) is 0 Å². The maximum atomic E-state index is 12.7. The van der Waals surface area contributed by atoms with Gasteiger partial charge in [0, 0.05) is 32.9 Å². The van der Waals surface area contributed by atoms with Crippen LogP contribution in [0.5, 0.6) is 0 Å². The van der Waals surface area contributed by atoms with E-state index >= 15 is 0 Å². The van der Waals surface area contributed by atoms with Crippen LogP contribution in [-0.2, 0) is 11.3 Å². The Hall–Kier alpha value is -2.37. The highest BCUT2D eigenvalue weighted by Crippen LogP contribution is 2.25. The van der Waals surface area contributed by atoms with E-state index in [0.29, 0.717) is 13.1 Å². The third-order valence-corrected chi connectivity index (χ3v) is 4.64. The second kappa shape index (κ2) is 7.68. The maximum Gasteiger partial charge on any atom is 0.226 e. The summed E-state index contributed by atoms with van der Waals surface area (Å²) in [4.78, 5) is 14.7. The molecule has 2 aromatic carbocycles. The van der Waals surface area contributed by atoms with E-state index in [2.05, 4.69) is 70.5 Å². The summed E-state index contributed by atoms with van der Waals surface area (Å²) < 4.78 is 0.